The summed E-state index contributed by atoms with van der Waals surface area (Å²) in [5.41, 5.74) is 0.433. The first-order valence-corrected chi connectivity index (χ1v) is 5.82. The first kappa shape index (κ1) is 11.1. The van der Waals surface area contributed by atoms with Gasteiger partial charge in [-0.3, -0.25) is 4.79 Å². The van der Waals surface area contributed by atoms with Gasteiger partial charge in [-0.05, 0) is 12.1 Å². The number of hydrogen-bond acceptors (Lipinski definition) is 4. The molecule has 0 saturated carbocycles. The van der Waals surface area contributed by atoms with Gasteiger partial charge in [0.05, 0.1) is 5.02 Å². The SMILES string of the molecule is O=Cc1csc(COc2ccccc2Cl)n1. The van der Waals surface area contributed by atoms with Gasteiger partial charge in [-0.2, -0.15) is 0 Å². The van der Waals surface area contributed by atoms with Crippen LogP contribution in [0.3, 0.4) is 0 Å². The summed E-state index contributed by atoms with van der Waals surface area (Å²) in [7, 11) is 0. The second kappa shape index (κ2) is 5.09. The van der Waals surface area contributed by atoms with Crippen LogP contribution in [-0.2, 0) is 6.61 Å². The van der Waals surface area contributed by atoms with Crippen molar-refractivity contribution in [2.24, 2.45) is 0 Å². The number of carbonyl (C=O) groups is 1. The number of hydrogen-bond donors (Lipinski definition) is 0. The highest BCUT2D eigenvalue weighted by Gasteiger charge is 2.04. The van der Waals surface area contributed by atoms with Crippen molar-refractivity contribution in [2.45, 2.75) is 6.61 Å². The van der Waals surface area contributed by atoms with Gasteiger partial charge >= 0.3 is 0 Å². The second-order valence-electron chi connectivity index (χ2n) is 3.00. The number of para-hydroxylation sites is 1. The van der Waals surface area contributed by atoms with Crippen molar-refractivity contribution in [3.8, 4) is 5.75 Å². The van der Waals surface area contributed by atoms with E-state index in [0.29, 0.717) is 23.1 Å². The molecule has 16 heavy (non-hydrogen) atoms. The lowest BCUT2D eigenvalue weighted by Crippen LogP contribution is -1.95. The molecule has 0 spiro atoms. The zero-order valence-corrected chi connectivity index (χ0v) is 9.79. The molecule has 1 heterocycles. The maximum Gasteiger partial charge on any atom is 0.169 e. The molecule has 1 aromatic heterocycles. The van der Waals surface area contributed by atoms with Gasteiger partial charge in [0.2, 0.25) is 0 Å². The van der Waals surface area contributed by atoms with Crippen LogP contribution in [0, 0.1) is 0 Å². The van der Waals surface area contributed by atoms with Crippen LogP contribution < -0.4 is 4.74 Å². The van der Waals surface area contributed by atoms with Crippen molar-refractivity contribution in [3.05, 3.63) is 45.4 Å². The summed E-state index contributed by atoms with van der Waals surface area (Å²) in [6.07, 6.45) is 0.718. The van der Waals surface area contributed by atoms with Crippen LogP contribution in [0.1, 0.15) is 15.5 Å². The lowest BCUT2D eigenvalue weighted by molar-refractivity contribution is 0.111. The maximum absolute atomic E-state index is 10.4. The van der Waals surface area contributed by atoms with Crippen molar-refractivity contribution in [3.63, 3.8) is 0 Å². The van der Waals surface area contributed by atoms with Crippen LogP contribution in [0.2, 0.25) is 5.02 Å². The molecule has 5 heteroatoms. The molecule has 0 saturated heterocycles. The standard InChI is InChI=1S/C11H8ClNO2S/c12-9-3-1-2-4-10(9)15-6-11-13-8(5-14)7-16-11/h1-5,7H,6H2. The molecule has 3 nitrogen and oxygen atoms in total. The fraction of sp³-hybridized carbons (Fsp3) is 0.0909. The number of aldehydes is 1. The Morgan fingerprint density at radius 3 is 2.94 bits per heavy atom. The third kappa shape index (κ3) is 2.59. The Bertz CT molecular complexity index is 498. The van der Waals surface area contributed by atoms with Crippen LogP contribution in [0.25, 0.3) is 0 Å². The van der Waals surface area contributed by atoms with Crippen molar-refractivity contribution < 1.29 is 9.53 Å². The van der Waals surface area contributed by atoms with Gasteiger partial charge in [0, 0.05) is 5.38 Å². The lowest BCUT2D eigenvalue weighted by Gasteiger charge is -2.04. The highest BCUT2D eigenvalue weighted by molar-refractivity contribution is 7.09. The van der Waals surface area contributed by atoms with E-state index in [2.05, 4.69) is 4.98 Å². The van der Waals surface area contributed by atoms with E-state index in [1.807, 2.05) is 12.1 Å². The summed E-state index contributed by atoms with van der Waals surface area (Å²) >= 11 is 7.31. The normalized spacial score (nSPS) is 10.1. The Morgan fingerprint density at radius 1 is 1.44 bits per heavy atom. The fourth-order valence-electron chi connectivity index (χ4n) is 1.15. The van der Waals surface area contributed by atoms with Gasteiger partial charge in [0.15, 0.2) is 6.29 Å². The van der Waals surface area contributed by atoms with E-state index in [0.717, 1.165) is 11.3 Å². The molecule has 0 unspecified atom stereocenters. The largest absolute Gasteiger partial charge is 0.485 e. The predicted molar refractivity (Wildman–Crippen MR) is 63.3 cm³/mol. The molecule has 2 aromatic rings. The summed E-state index contributed by atoms with van der Waals surface area (Å²) in [5.74, 6) is 0.618. The molecular formula is C11H8ClNO2S. The lowest BCUT2D eigenvalue weighted by atomic mass is 10.3. The van der Waals surface area contributed by atoms with Crippen LogP contribution in [-0.4, -0.2) is 11.3 Å². The molecule has 82 valence electrons. The van der Waals surface area contributed by atoms with Gasteiger partial charge < -0.3 is 4.74 Å². The molecule has 0 fully saturated rings. The van der Waals surface area contributed by atoms with E-state index in [-0.39, 0.29) is 0 Å². The van der Waals surface area contributed by atoms with Crippen molar-refractivity contribution in [1.29, 1.82) is 0 Å². The molecule has 1 aromatic carbocycles. The summed E-state index contributed by atoms with van der Waals surface area (Å²) in [5, 5.41) is 3.01. The molecule has 0 atom stereocenters. The summed E-state index contributed by atoms with van der Waals surface area (Å²) in [4.78, 5) is 14.5. The van der Waals surface area contributed by atoms with E-state index in [1.54, 1.807) is 17.5 Å². The Labute approximate surface area is 102 Å². The molecule has 0 amide bonds. The zero-order valence-electron chi connectivity index (χ0n) is 8.22. The highest BCUT2D eigenvalue weighted by Crippen LogP contribution is 2.24. The van der Waals surface area contributed by atoms with Crippen LogP contribution in [0.15, 0.2) is 29.6 Å². The number of rotatable bonds is 4. The number of aromatic nitrogens is 1. The molecule has 0 aliphatic carbocycles. The van der Waals surface area contributed by atoms with Gasteiger partial charge in [0.25, 0.3) is 0 Å². The first-order chi connectivity index (χ1) is 7.79. The van der Waals surface area contributed by atoms with Crippen molar-refractivity contribution in [2.75, 3.05) is 0 Å². The minimum absolute atomic E-state index is 0.322. The average molecular weight is 254 g/mol. The minimum Gasteiger partial charge on any atom is -0.485 e. The van der Waals surface area contributed by atoms with E-state index >= 15 is 0 Å². The fourth-order valence-corrected chi connectivity index (χ4v) is 1.99. The van der Waals surface area contributed by atoms with E-state index in [9.17, 15) is 4.79 Å². The Morgan fingerprint density at radius 2 is 2.25 bits per heavy atom. The number of carbonyl (C=O) groups excluding carboxylic acids is 1. The molecule has 0 N–H and O–H groups in total. The molecule has 2 rings (SSSR count). The smallest absolute Gasteiger partial charge is 0.169 e. The topological polar surface area (TPSA) is 39.2 Å². The Balaban J connectivity index is 2.02. The summed E-state index contributed by atoms with van der Waals surface area (Å²) in [6, 6.07) is 7.23. The Hall–Kier alpha value is -1.39. The predicted octanol–water partition coefficient (Wildman–Crippen LogP) is 3.19. The third-order valence-electron chi connectivity index (χ3n) is 1.88. The van der Waals surface area contributed by atoms with E-state index in [1.165, 1.54) is 11.3 Å². The zero-order chi connectivity index (χ0) is 11.4. The number of thiazole rings is 1. The number of nitrogens with zero attached hydrogens (tertiary/aromatic N) is 1. The number of halogens is 1. The summed E-state index contributed by atoms with van der Waals surface area (Å²) in [6.45, 7) is 0.322. The first-order valence-electron chi connectivity index (χ1n) is 4.56. The maximum atomic E-state index is 10.4. The molecule has 0 radical (unpaired) electrons. The van der Waals surface area contributed by atoms with Crippen LogP contribution >= 0.6 is 22.9 Å². The van der Waals surface area contributed by atoms with Gasteiger partial charge in [-0.25, -0.2) is 4.98 Å². The molecule has 0 bridgehead atoms. The van der Waals surface area contributed by atoms with Crippen molar-refractivity contribution >= 4 is 29.2 Å². The van der Waals surface area contributed by atoms with E-state index < -0.39 is 0 Å². The number of benzene rings is 1. The van der Waals surface area contributed by atoms with Gasteiger partial charge in [-0.1, -0.05) is 23.7 Å². The highest BCUT2D eigenvalue weighted by atomic mass is 35.5. The molecular weight excluding hydrogens is 246 g/mol. The number of ether oxygens (including phenoxy) is 1. The molecule has 0 aliphatic rings. The second-order valence-corrected chi connectivity index (χ2v) is 4.35. The third-order valence-corrected chi connectivity index (χ3v) is 3.03. The summed E-state index contributed by atoms with van der Waals surface area (Å²) < 4.78 is 5.48. The molecule has 0 aliphatic heterocycles. The minimum atomic E-state index is 0.322. The van der Waals surface area contributed by atoms with E-state index in [4.69, 9.17) is 16.3 Å². The average Bonchev–Trinajstić information content (AvgIpc) is 2.76. The van der Waals surface area contributed by atoms with Gasteiger partial charge in [-0.15, -0.1) is 11.3 Å². The Kier molecular flexibility index (Phi) is 3.54. The van der Waals surface area contributed by atoms with Crippen LogP contribution in [0.5, 0.6) is 5.75 Å². The van der Waals surface area contributed by atoms with Gasteiger partial charge in [0.1, 0.15) is 23.1 Å². The van der Waals surface area contributed by atoms with Crippen molar-refractivity contribution in [1.82, 2.24) is 4.98 Å². The quantitative estimate of drug-likeness (QED) is 0.786. The monoisotopic (exact) mass is 253 g/mol. The van der Waals surface area contributed by atoms with Crippen LogP contribution in [0.4, 0.5) is 0 Å².